The lowest BCUT2D eigenvalue weighted by Gasteiger charge is -2.28. The van der Waals surface area contributed by atoms with Crippen molar-refractivity contribution in [3.8, 4) is 5.75 Å². The smallest absolute Gasteiger partial charge is 0.261 e. The van der Waals surface area contributed by atoms with Gasteiger partial charge in [0.15, 0.2) is 6.61 Å². The largest absolute Gasteiger partial charge is 0.484 e. The molecule has 0 aromatic heterocycles. The number of nitrogens with zero attached hydrogens (tertiary/aromatic N) is 1. The minimum atomic E-state index is -3.91. The first-order chi connectivity index (χ1) is 18.7. The first-order valence-electron chi connectivity index (χ1n) is 12.3. The maximum atomic E-state index is 13.2. The van der Waals surface area contributed by atoms with Crippen molar-refractivity contribution >= 4 is 27.5 Å². The second-order valence-corrected chi connectivity index (χ2v) is 10.4. The van der Waals surface area contributed by atoms with E-state index < -0.39 is 27.8 Å². The van der Waals surface area contributed by atoms with Crippen LogP contribution in [0.15, 0.2) is 83.8 Å². The minimum absolute atomic E-state index is 0.0324. The molecule has 0 aliphatic rings. The number of ether oxygens (including phenoxy) is 2. The maximum Gasteiger partial charge on any atom is 0.261 e. The fraction of sp³-hybridized carbons (Fsp3) is 0.286. The Morgan fingerprint density at radius 2 is 1.64 bits per heavy atom. The predicted molar refractivity (Wildman–Crippen MR) is 145 cm³/mol. The summed E-state index contributed by atoms with van der Waals surface area (Å²) in [5, 5.41) is 2.82. The number of methoxy groups -OCH3 is 1. The van der Waals surface area contributed by atoms with Crippen molar-refractivity contribution in [3.05, 3.63) is 90.2 Å². The highest BCUT2D eigenvalue weighted by Crippen LogP contribution is 2.20. The topological polar surface area (TPSA) is 114 Å². The molecule has 0 radical (unpaired) electrons. The number of carbonyl (C=O) groups is 2. The second kappa shape index (κ2) is 14.3. The van der Waals surface area contributed by atoms with Gasteiger partial charge in [0.05, 0.1) is 4.90 Å². The number of halogens is 1. The lowest BCUT2D eigenvalue weighted by molar-refractivity contribution is -0.142. The molecule has 0 fully saturated rings. The van der Waals surface area contributed by atoms with E-state index in [-0.39, 0.29) is 35.4 Å². The van der Waals surface area contributed by atoms with Crippen LogP contribution in [-0.4, -0.2) is 58.0 Å². The highest BCUT2D eigenvalue weighted by atomic mass is 32.2. The van der Waals surface area contributed by atoms with E-state index in [0.717, 1.165) is 17.7 Å². The molecule has 0 saturated carbocycles. The number of nitrogens with one attached hydrogen (secondary N) is 2. The molecular formula is C28H32FN3O6S. The fourth-order valence-electron chi connectivity index (χ4n) is 3.61. The summed E-state index contributed by atoms with van der Waals surface area (Å²) in [5.74, 6) is -0.902. The van der Waals surface area contributed by atoms with Crippen molar-refractivity contribution in [2.75, 3.05) is 31.6 Å². The Morgan fingerprint density at radius 3 is 2.28 bits per heavy atom. The molecule has 208 valence electrons. The average Bonchev–Trinajstić information content (AvgIpc) is 2.94. The molecular weight excluding hydrogens is 525 g/mol. The Labute approximate surface area is 228 Å². The summed E-state index contributed by atoms with van der Waals surface area (Å²) < 4.78 is 51.3. The third-order valence-corrected chi connectivity index (χ3v) is 7.18. The molecule has 0 spiro atoms. The van der Waals surface area contributed by atoms with Gasteiger partial charge in [-0.2, -0.15) is 0 Å². The third-order valence-electron chi connectivity index (χ3n) is 5.78. The molecule has 0 bridgehead atoms. The lowest BCUT2D eigenvalue weighted by Crippen LogP contribution is -2.49. The van der Waals surface area contributed by atoms with Crippen LogP contribution in [0.5, 0.6) is 5.75 Å². The Hall–Kier alpha value is -3.96. The van der Waals surface area contributed by atoms with E-state index in [2.05, 4.69) is 10.0 Å². The van der Waals surface area contributed by atoms with Crippen LogP contribution in [0.3, 0.4) is 0 Å². The van der Waals surface area contributed by atoms with Crippen molar-refractivity contribution in [1.82, 2.24) is 10.2 Å². The van der Waals surface area contributed by atoms with Gasteiger partial charge in [0.2, 0.25) is 5.91 Å². The Morgan fingerprint density at radius 1 is 0.974 bits per heavy atom. The van der Waals surface area contributed by atoms with Crippen LogP contribution < -0.4 is 14.8 Å². The van der Waals surface area contributed by atoms with Crippen molar-refractivity contribution < 1.29 is 31.9 Å². The standard InChI is InChI=1S/C28H32FN3O6S/c1-21(28(34)30-17-6-18-37-2)32(19-22-7-4-3-5-8-22)27(33)20-38-25-13-15-26(16-14-25)39(35,36)31-24-11-9-23(29)10-12-24/h3-5,7-16,21,31H,6,17-20H2,1-2H3,(H,30,34)/t21-/m1/s1. The predicted octanol–water partition coefficient (Wildman–Crippen LogP) is 3.58. The van der Waals surface area contributed by atoms with Gasteiger partial charge in [-0.25, -0.2) is 12.8 Å². The van der Waals surface area contributed by atoms with Gasteiger partial charge in [0.1, 0.15) is 17.6 Å². The van der Waals surface area contributed by atoms with Crippen LogP contribution in [0.2, 0.25) is 0 Å². The van der Waals surface area contributed by atoms with Crippen LogP contribution >= 0.6 is 0 Å². The van der Waals surface area contributed by atoms with Gasteiger partial charge in [-0.3, -0.25) is 14.3 Å². The van der Waals surface area contributed by atoms with E-state index in [1.54, 1.807) is 14.0 Å². The number of hydrogen-bond acceptors (Lipinski definition) is 6. The van der Waals surface area contributed by atoms with Gasteiger partial charge in [-0.05, 0) is 67.4 Å². The molecule has 3 aromatic rings. The summed E-state index contributed by atoms with van der Waals surface area (Å²) in [4.78, 5) is 27.3. The zero-order chi connectivity index (χ0) is 28.3. The molecule has 0 heterocycles. The number of hydrogen-bond donors (Lipinski definition) is 2. The fourth-order valence-corrected chi connectivity index (χ4v) is 4.67. The third kappa shape index (κ3) is 9.08. The van der Waals surface area contributed by atoms with Gasteiger partial charge < -0.3 is 19.7 Å². The number of sulfonamides is 1. The van der Waals surface area contributed by atoms with Crippen LogP contribution in [0.1, 0.15) is 18.9 Å². The molecule has 0 aliphatic heterocycles. The number of carbonyl (C=O) groups excluding carboxylic acids is 2. The summed E-state index contributed by atoms with van der Waals surface area (Å²) in [6.45, 7) is 2.44. The molecule has 1 atom stereocenters. The Kier molecular flexibility index (Phi) is 10.8. The van der Waals surface area contributed by atoms with Crippen molar-refractivity contribution in [3.63, 3.8) is 0 Å². The highest BCUT2D eigenvalue weighted by Gasteiger charge is 2.26. The van der Waals surface area contributed by atoms with Gasteiger partial charge in [0, 0.05) is 32.5 Å². The molecule has 11 heteroatoms. The van der Waals surface area contributed by atoms with Gasteiger partial charge in [-0.15, -0.1) is 0 Å². The van der Waals surface area contributed by atoms with Gasteiger partial charge in [-0.1, -0.05) is 30.3 Å². The van der Waals surface area contributed by atoms with E-state index in [4.69, 9.17) is 9.47 Å². The van der Waals surface area contributed by atoms with Crippen LogP contribution in [0.25, 0.3) is 0 Å². The van der Waals surface area contributed by atoms with Crippen molar-refractivity contribution in [2.45, 2.75) is 30.8 Å². The zero-order valence-corrected chi connectivity index (χ0v) is 22.6. The van der Waals surface area contributed by atoms with Crippen molar-refractivity contribution in [1.29, 1.82) is 0 Å². The summed E-state index contributed by atoms with van der Waals surface area (Å²) in [6.07, 6.45) is 0.649. The molecule has 0 unspecified atom stereocenters. The number of amides is 2. The monoisotopic (exact) mass is 557 g/mol. The quantitative estimate of drug-likeness (QED) is 0.293. The average molecular weight is 558 g/mol. The number of anilines is 1. The van der Waals surface area contributed by atoms with Gasteiger partial charge in [0.25, 0.3) is 15.9 Å². The Balaban J connectivity index is 1.64. The molecule has 39 heavy (non-hydrogen) atoms. The molecule has 9 nitrogen and oxygen atoms in total. The van der Waals surface area contributed by atoms with E-state index in [9.17, 15) is 22.4 Å². The van der Waals surface area contributed by atoms with E-state index >= 15 is 0 Å². The first-order valence-corrected chi connectivity index (χ1v) is 13.8. The summed E-state index contributed by atoms with van der Waals surface area (Å²) in [6, 6.07) is 19.0. The maximum absolute atomic E-state index is 13.2. The first kappa shape index (κ1) is 29.6. The molecule has 3 aromatic carbocycles. The molecule has 0 aliphatic carbocycles. The van der Waals surface area contributed by atoms with Crippen LogP contribution in [-0.2, 0) is 30.9 Å². The van der Waals surface area contributed by atoms with Crippen LogP contribution in [0, 0.1) is 5.82 Å². The SMILES string of the molecule is COCCCNC(=O)[C@@H](C)N(Cc1ccccc1)C(=O)COc1ccc(S(=O)(=O)Nc2ccc(F)cc2)cc1. The summed E-state index contributed by atoms with van der Waals surface area (Å²) in [5.41, 5.74) is 1.07. The molecule has 3 rings (SSSR count). The molecule has 2 N–H and O–H groups in total. The van der Waals surface area contributed by atoms with E-state index in [0.29, 0.717) is 19.6 Å². The number of rotatable bonds is 14. The zero-order valence-electron chi connectivity index (χ0n) is 21.8. The summed E-state index contributed by atoms with van der Waals surface area (Å²) in [7, 11) is -2.32. The lowest BCUT2D eigenvalue weighted by atomic mass is 10.1. The van der Waals surface area contributed by atoms with Crippen molar-refractivity contribution in [2.24, 2.45) is 0 Å². The minimum Gasteiger partial charge on any atom is -0.484 e. The molecule has 2 amide bonds. The van der Waals surface area contributed by atoms with E-state index in [1.807, 2.05) is 30.3 Å². The number of benzene rings is 3. The Bertz CT molecular complexity index is 1320. The second-order valence-electron chi connectivity index (χ2n) is 8.69. The van der Waals surface area contributed by atoms with E-state index in [1.165, 1.54) is 41.3 Å². The van der Waals surface area contributed by atoms with Gasteiger partial charge >= 0.3 is 0 Å². The van der Waals surface area contributed by atoms with Crippen LogP contribution in [0.4, 0.5) is 10.1 Å². The molecule has 0 saturated heterocycles. The normalized spacial score (nSPS) is 11.9. The summed E-state index contributed by atoms with van der Waals surface area (Å²) >= 11 is 0. The highest BCUT2D eigenvalue weighted by molar-refractivity contribution is 7.92.